The summed E-state index contributed by atoms with van der Waals surface area (Å²) in [5, 5.41) is 3.06. The third kappa shape index (κ3) is 2.00. The molecule has 1 spiro atoms. The number of amides is 1. The number of benzene rings is 1. The maximum absolute atomic E-state index is 12.7. The fourth-order valence-electron chi connectivity index (χ4n) is 4.24. The first kappa shape index (κ1) is 14.5. The number of rotatable bonds is 1. The fourth-order valence-corrected chi connectivity index (χ4v) is 4.24. The summed E-state index contributed by atoms with van der Waals surface area (Å²) in [5.41, 5.74) is 3.61. The number of aromatic nitrogens is 3. The van der Waals surface area contributed by atoms with Crippen molar-refractivity contribution in [2.75, 3.05) is 23.3 Å². The molecule has 0 unspecified atom stereocenters. The number of carbonyl (C=O) groups is 1. The Morgan fingerprint density at radius 3 is 2.76 bits per heavy atom. The van der Waals surface area contributed by atoms with Gasteiger partial charge in [-0.25, -0.2) is 9.97 Å². The molecule has 2 aliphatic heterocycles. The van der Waals surface area contributed by atoms with Gasteiger partial charge in [0, 0.05) is 25.0 Å². The molecule has 1 saturated heterocycles. The van der Waals surface area contributed by atoms with Gasteiger partial charge in [-0.1, -0.05) is 18.2 Å². The van der Waals surface area contributed by atoms with Gasteiger partial charge in [-0.2, -0.15) is 0 Å². The number of para-hydroxylation sites is 1. The SMILES string of the molecule is Cc1nc(N2CCC3(CC2)C(=O)Nc2ccccc23)c2[nH]ccc2n1. The molecule has 1 aromatic carbocycles. The van der Waals surface area contributed by atoms with E-state index in [1.165, 1.54) is 0 Å². The number of anilines is 2. The lowest BCUT2D eigenvalue weighted by molar-refractivity contribution is -0.121. The van der Waals surface area contributed by atoms with E-state index in [0.29, 0.717) is 0 Å². The van der Waals surface area contributed by atoms with Gasteiger partial charge in [-0.15, -0.1) is 0 Å². The van der Waals surface area contributed by atoms with Crippen molar-refractivity contribution in [1.29, 1.82) is 0 Å². The van der Waals surface area contributed by atoms with Crippen LogP contribution in [0.3, 0.4) is 0 Å². The summed E-state index contributed by atoms with van der Waals surface area (Å²) in [5.74, 6) is 1.85. The second kappa shape index (κ2) is 5.05. The van der Waals surface area contributed by atoms with Crippen LogP contribution in [0.2, 0.25) is 0 Å². The van der Waals surface area contributed by atoms with Crippen molar-refractivity contribution in [3.05, 3.63) is 47.9 Å². The highest BCUT2D eigenvalue weighted by Gasteiger charge is 2.48. The van der Waals surface area contributed by atoms with Gasteiger partial charge in [0.2, 0.25) is 5.91 Å². The Balaban J connectivity index is 1.49. The maximum Gasteiger partial charge on any atom is 0.235 e. The molecule has 0 aliphatic carbocycles. The zero-order valence-electron chi connectivity index (χ0n) is 14.0. The number of nitrogens with one attached hydrogen (secondary N) is 2. The Labute approximate surface area is 145 Å². The zero-order chi connectivity index (χ0) is 17.0. The van der Waals surface area contributed by atoms with Gasteiger partial charge in [-0.3, -0.25) is 4.79 Å². The highest BCUT2D eigenvalue weighted by atomic mass is 16.2. The quantitative estimate of drug-likeness (QED) is 0.718. The molecule has 0 atom stereocenters. The highest BCUT2D eigenvalue weighted by molar-refractivity contribution is 6.06. The number of aromatic amines is 1. The Bertz CT molecular complexity index is 984. The van der Waals surface area contributed by atoms with Crippen molar-refractivity contribution in [2.45, 2.75) is 25.2 Å². The number of fused-ring (bicyclic) bond motifs is 3. The van der Waals surface area contributed by atoms with Crippen molar-refractivity contribution in [3.63, 3.8) is 0 Å². The standard InChI is InChI=1S/C19H19N5O/c1-12-21-15-6-9-20-16(15)17(22-12)24-10-7-19(8-11-24)13-4-2-3-5-14(13)23-18(19)25/h2-6,9,20H,7-8,10-11H2,1H3,(H,23,25). The topological polar surface area (TPSA) is 73.9 Å². The van der Waals surface area contributed by atoms with Crippen LogP contribution in [-0.4, -0.2) is 33.9 Å². The molecule has 126 valence electrons. The summed E-state index contributed by atoms with van der Waals surface area (Å²) < 4.78 is 0. The predicted octanol–water partition coefficient (Wildman–Crippen LogP) is 2.76. The molecular formula is C19H19N5O. The molecule has 3 aromatic rings. The molecule has 0 bridgehead atoms. The lowest BCUT2D eigenvalue weighted by Crippen LogP contribution is -2.46. The summed E-state index contributed by atoms with van der Waals surface area (Å²) in [6, 6.07) is 10.0. The minimum absolute atomic E-state index is 0.136. The summed E-state index contributed by atoms with van der Waals surface area (Å²) >= 11 is 0. The average molecular weight is 333 g/mol. The molecule has 1 amide bonds. The van der Waals surface area contributed by atoms with Crippen LogP contribution >= 0.6 is 0 Å². The van der Waals surface area contributed by atoms with E-state index in [1.807, 2.05) is 37.4 Å². The van der Waals surface area contributed by atoms with Crippen molar-refractivity contribution in [1.82, 2.24) is 15.0 Å². The number of hydrogen-bond acceptors (Lipinski definition) is 4. The summed E-state index contributed by atoms with van der Waals surface area (Å²) in [6.45, 7) is 3.51. The fraction of sp³-hybridized carbons (Fsp3) is 0.316. The number of piperidine rings is 1. The molecular weight excluding hydrogens is 314 g/mol. The van der Waals surface area contributed by atoms with Crippen LogP contribution in [0.1, 0.15) is 24.2 Å². The first-order chi connectivity index (χ1) is 12.2. The molecule has 4 heterocycles. The van der Waals surface area contributed by atoms with Gasteiger partial charge in [0.05, 0.1) is 10.9 Å². The van der Waals surface area contributed by atoms with E-state index in [-0.39, 0.29) is 5.91 Å². The molecule has 6 heteroatoms. The third-order valence-electron chi connectivity index (χ3n) is 5.54. The van der Waals surface area contributed by atoms with Crippen LogP contribution in [0.15, 0.2) is 36.5 Å². The Morgan fingerprint density at radius 1 is 1.12 bits per heavy atom. The van der Waals surface area contributed by atoms with Crippen LogP contribution in [0.5, 0.6) is 0 Å². The molecule has 2 N–H and O–H groups in total. The van der Waals surface area contributed by atoms with E-state index < -0.39 is 5.41 Å². The first-order valence-electron chi connectivity index (χ1n) is 8.65. The van der Waals surface area contributed by atoms with Crippen LogP contribution in [0.25, 0.3) is 11.0 Å². The van der Waals surface area contributed by atoms with E-state index in [2.05, 4.69) is 31.2 Å². The van der Waals surface area contributed by atoms with E-state index in [9.17, 15) is 4.79 Å². The smallest absolute Gasteiger partial charge is 0.235 e. The number of carbonyl (C=O) groups excluding carboxylic acids is 1. The molecule has 0 saturated carbocycles. The zero-order valence-corrected chi connectivity index (χ0v) is 14.0. The van der Waals surface area contributed by atoms with Gasteiger partial charge in [0.25, 0.3) is 0 Å². The molecule has 25 heavy (non-hydrogen) atoms. The van der Waals surface area contributed by atoms with Crippen molar-refractivity contribution < 1.29 is 4.79 Å². The number of aryl methyl sites for hydroxylation is 1. The number of H-pyrrole nitrogens is 1. The van der Waals surface area contributed by atoms with E-state index in [4.69, 9.17) is 0 Å². The summed E-state index contributed by atoms with van der Waals surface area (Å²) in [6.07, 6.45) is 3.48. The van der Waals surface area contributed by atoms with Gasteiger partial charge >= 0.3 is 0 Å². The lowest BCUT2D eigenvalue weighted by atomic mass is 9.73. The van der Waals surface area contributed by atoms with E-state index >= 15 is 0 Å². The predicted molar refractivity (Wildman–Crippen MR) is 96.8 cm³/mol. The normalized spacial score (nSPS) is 18.6. The molecule has 5 rings (SSSR count). The van der Waals surface area contributed by atoms with Crippen molar-refractivity contribution in [2.24, 2.45) is 0 Å². The van der Waals surface area contributed by atoms with E-state index in [1.54, 1.807) is 0 Å². The van der Waals surface area contributed by atoms with Crippen LogP contribution in [0, 0.1) is 6.92 Å². The van der Waals surface area contributed by atoms with Gasteiger partial charge in [-0.05, 0) is 37.5 Å². The summed E-state index contributed by atoms with van der Waals surface area (Å²) in [4.78, 5) is 27.4. The number of nitrogens with zero attached hydrogens (tertiary/aromatic N) is 3. The van der Waals surface area contributed by atoms with Gasteiger partial charge in [0.15, 0.2) is 5.82 Å². The average Bonchev–Trinajstić information content (AvgIpc) is 3.19. The van der Waals surface area contributed by atoms with Crippen LogP contribution in [0.4, 0.5) is 11.5 Å². The van der Waals surface area contributed by atoms with Crippen LogP contribution < -0.4 is 10.2 Å². The highest BCUT2D eigenvalue weighted by Crippen LogP contribution is 2.45. The third-order valence-corrected chi connectivity index (χ3v) is 5.54. The number of hydrogen-bond donors (Lipinski definition) is 2. The molecule has 6 nitrogen and oxygen atoms in total. The second-order valence-electron chi connectivity index (χ2n) is 6.90. The van der Waals surface area contributed by atoms with Crippen LogP contribution in [-0.2, 0) is 10.2 Å². The van der Waals surface area contributed by atoms with Crippen molar-refractivity contribution in [3.8, 4) is 0 Å². The minimum atomic E-state index is -0.399. The van der Waals surface area contributed by atoms with Gasteiger partial charge < -0.3 is 15.2 Å². The van der Waals surface area contributed by atoms with E-state index in [0.717, 1.165) is 59.9 Å². The Kier molecular flexibility index (Phi) is 2.92. The largest absolute Gasteiger partial charge is 0.357 e. The van der Waals surface area contributed by atoms with Crippen molar-refractivity contribution >= 4 is 28.4 Å². The molecule has 0 radical (unpaired) electrons. The molecule has 2 aliphatic rings. The first-order valence-corrected chi connectivity index (χ1v) is 8.65. The monoisotopic (exact) mass is 333 g/mol. The summed E-state index contributed by atoms with van der Waals surface area (Å²) in [7, 11) is 0. The maximum atomic E-state index is 12.7. The Hall–Kier alpha value is -2.89. The lowest BCUT2D eigenvalue weighted by Gasteiger charge is -2.38. The molecule has 2 aromatic heterocycles. The Morgan fingerprint density at radius 2 is 1.92 bits per heavy atom. The molecule has 1 fully saturated rings. The minimum Gasteiger partial charge on any atom is -0.357 e. The van der Waals surface area contributed by atoms with Gasteiger partial charge in [0.1, 0.15) is 11.3 Å². The second-order valence-corrected chi connectivity index (χ2v) is 6.90.